The third-order valence-electron chi connectivity index (χ3n) is 4.08. The molecule has 2 N–H and O–H groups in total. The second-order valence-electron chi connectivity index (χ2n) is 5.62. The summed E-state index contributed by atoms with van der Waals surface area (Å²) in [6.45, 7) is -0.229. The molecule has 3 aromatic rings. The SMILES string of the molecule is CSc1ccc(C(CO)NC(=O)c2cc3ccc(Cl)cc3n2C)nc1. The third-order valence-corrected chi connectivity index (χ3v) is 5.03. The molecule has 5 nitrogen and oxygen atoms in total. The number of nitrogens with zero attached hydrogens (tertiary/aromatic N) is 2. The largest absolute Gasteiger partial charge is 0.394 e. The van der Waals surface area contributed by atoms with Crippen molar-refractivity contribution < 1.29 is 9.90 Å². The summed E-state index contributed by atoms with van der Waals surface area (Å²) >= 11 is 7.62. The molecule has 25 heavy (non-hydrogen) atoms. The van der Waals surface area contributed by atoms with Crippen LogP contribution in [0.5, 0.6) is 0 Å². The molecule has 0 radical (unpaired) electrons. The Morgan fingerprint density at radius 2 is 2.16 bits per heavy atom. The first kappa shape index (κ1) is 17.8. The van der Waals surface area contributed by atoms with Gasteiger partial charge in [-0.3, -0.25) is 9.78 Å². The van der Waals surface area contributed by atoms with E-state index in [1.165, 1.54) is 0 Å². The van der Waals surface area contributed by atoms with Crippen LogP contribution >= 0.6 is 23.4 Å². The quantitative estimate of drug-likeness (QED) is 0.670. The van der Waals surface area contributed by atoms with E-state index in [4.69, 9.17) is 11.6 Å². The average molecular weight is 376 g/mol. The lowest BCUT2D eigenvalue weighted by Gasteiger charge is -2.16. The molecular formula is C18H18ClN3O2S. The Kier molecular flexibility index (Phi) is 5.32. The van der Waals surface area contributed by atoms with E-state index in [9.17, 15) is 9.90 Å². The van der Waals surface area contributed by atoms with Crippen molar-refractivity contribution in [2.75, 3.05) is 12.9 Å². The van der Waals surface area contributed by atoms with Crippen molar-refractivity contribution in [3.8, 4) is 0 Å². The van der Waals surface area contributed by atoms with Gasteiger partial charge in [0.15, 0.2) is 0 Å². The lowest BCUT2D eigenvalue weighted by Crippen LogP contribution is -2.32. The maximum atomic E-state index is 12.7. The van der Waals surface area contributed by atoms with Gasteiger partial charge < -0.3 is 15.0 Å². The molecule has 0 aliphatic rings. The molecule has 7 heteroatoms. The number of benzene rings is 1. The highest BCUT2D eigenvalue weighted by molar-refractivity contribution is 7.98. The molecule has 1 unspecified atom stereocenters. The summed E-state index contributed by atoms with van der Waals surface area (Å²) < 4.78 is 1.79. The second kappa shape index (κ2) is 7.47. The lowest BCUT2D eigenvalue weighted by atomic mass is 10.2. The van der Waals surface area contributed by atoms with Crippen LogP contribution in [-0.2, 0) is 7.05 Å². The van der Waals surface area contributed by atoms with E-state index >= 15 is 0 Å². The number of halogens is 1. The number of carbonyl (C=O) groups is 1. The molecule has 1 atom stereocenters. The van der Waals surface area contributed by atoms with Crippen molar-refractivity contribution in [3.05, 3.63) is 59.0 Å². The van der Waals surface area contributed by atoms with Gasteiger partial charge in [-0.25, -0.2) is 0 Å². The van der Waals surface area contributed by atoms with Gasteiger partial charge in [-0.2, -0.15) is 0 Å². The number of aliphatic hydroxyl groups is 1. The molecular weight excluding hydrogens is 358 g/mol. The molecule has 1 aromatic carbocycles. The first-order chi connectivity index (χ1) is 12.0. The van der Waals surface area contributed by atoms with E-state index < -0.39 is 6.04 Å². The molecule has 0 fully saturated rings. The van der Waals surface area contributed by atoms with E-state index in [1.54, 1.807) is 34.7 Å². The van der Waals surface area contributed by atoms with Crippen LogP contribution in [0.3, 0.4) is 0 Å². The molecule has 0 aliphatic carbocycles. The van der Waals surface area contributed by atoms with Crippen LogP contribution < -0.4 is 5.32 Å². The van der Waals surface area contributed by atoms with Gasteiger partial charge in [-0.1, -0.05) is 17.7 Å². The average Bonchev–Trinajstić information content (AvgIpc) is 2.96. The Labute approximate surface area is 155 Å². The number of pyridine rings is 1. The van der Waals surface area contributed by atoms with Gasteiger partial charge in [0, 0.05) is 34.1 Å². The van der Waals surface area contributed by atoms with Gasteiger partial charge in [-0.05, 0) is 36.6 Å². The van der Waals surface area contributed by atoms with Crippen molar-refractivity contribution in [2.45, 2.75) is 10.9 Å². The van der Waals surface area contributed by atoms with Gasteiger partial charge in [0.05, 0.1) is 18.3 Å². The van der Waals surface area contributed by atoms with Crippen LogP contribution in [0.4, 0.5) is 0 Å². The predicted octanol–water partition coefficient (Wildman–Crippen LogP) is 3.41. The zero-order chi connectivity index (χ0) is 18.0. The Hall–Kier alpha value is -2.02. The van der Waals surface area contributed by atoms with E-state index in [0.29, 0.717) is 16.4 Å². The zero-order valence-corrected chi connectivity index (χ0v) is 15.4. The fraction of sp³-hybridized carbons (Fsp3) is 0.222. The normalized spacial score (nSPS) is 12.3. The number of hydrogen-bond donors (Lipinski definition) is 2. The number of nitrogens with one attached hydrogen (secondary N) is 1. The maximum absolute atomic E-state index is 12.7. The van der Waals surface area contributed by atoms with Gasteiger partial charge in [-0.15, -0.1) is 11.8 Å². The summed E-state index contributed by atoms with van der Waals surface area (Å²) in [6.07, 6.45) is 3.70. The molecule has 2 heterocycles. The molecule has 0 aliphatic heterocycles. The molecule has 1 amide bonds. The van der Waals surface area contributed by atoms with Crippen LogP contribution in [0.1, 0.15) is 22.2 Å². The van der Waals surface area contributed by atoms with Crippen LogP contribution in [0, 0.1) is 0 Å². The summed E-state index contributed by atoms with van der Waals surface area (Å²) in [5.41, 5.74) is 1.99. The number of aryl methyl sites for hydroxylation is 1. The topological polar surface area (TPSA) is 67.2 Å². The first-order valence-corrected chi connectivity index (χ1v) is 9.30. The summed E-state index contributed by atoms with van der Waals surface area (Å²) in [5, 5.41) is 14.1. The van der Waals surface area contributed by atoms with E-state index in [-0.39, 0.29) is 12.5 Å². The fourth-order valence-corrected chi connectivity index (χ4v) is 3.21. The monoisotopic (exact) mass is 375 g/mol. The molecule has 0 saturated carbocycles. The van der Waals surface area contributed by atoms with Crippen molar-refractivity contribution in [1.82, 2.24) is 14.9 Å². The van der Waals surface area contributed by atoms with Gasteiger partial charge in [0.2, 0.25) is 0 Å². The molecule has 0 spiro atoms. The summed E-state index contributed by atoms with van der Waals surface area (Å²) in [5.74, 6) is -0.274. The number of fused-ring (bicyclic) bond motifs is 1. The minimum absolute atomic E-state index is 0.229. The smallest absolute Gasteiger partial charge is 0.268 e. The summed E-state index contributed by atoms with van der Waals surface area (Å²) in [7, 11) is 1.81. The highest BCUT2D eigenvalue weighted by Gasteiger charge is 2.19. The van der Waals surface area contributed by atoms with Gasteiger partial charge in [0.1, 0.15) is 5.69 Å². The Bertz CT molecular complexity index is 909. The van der Waals surface area contributed by atoms with Crippen LogP contribution in [0.15, 0.2) is 47.5 Å². The second-order valence-corrected chi connectivity index (χ2v) is 6.94. The Balaban J connectivity index is 1.85. The number of thioether (sulfide) groups is 1. The maximum Gasteiger partial charge on any atom is 0.268 e. The third kappa shape index (κ3) is 3.66. The minimum Gasteiger partial charge on any atom is -0.394 e. The predicted molar refractivity (Wildman–Crippen MR) is 101 cm³/mol. The van der Waals surface area contributed by atoms with Gasteiger partial charge in [0.25, 0.3) is 5.91 Å². The number of carbonyl (C=O) groups excluding carboxylic acids is 1. The number of hydrogen-bond acceptors (Lipinski definition) is 4. The number of aromatic nitrogens is 2. The van der Waals surface area contributed by atoms with Crippen molar-refractivity contribution in [1.29, 1.82) is 0 Å². The lowest BCUT2D eigenvalue weighted by molar-refractivity contribution is 0.0907. The van der Waals surface area contributed by atoms with Crippen LogP contribution in [0.25, 0.3) is 10.9 Å². The Morgan fingerprint density at radius 1 is 1.36 bits per heavy atom. The fourth-order valence-electron chi connectivity index (χ4n) is 2.69. The summed E-state index contributed by atoms with van der Waals surface area (Å²) in [4.78, 5) is 18.0. The molecule has 2 aromatic heterocycles. The number of amides is 1. The zero-order valence-electron chi connectivity index (χ0n) is 13.9. The molecule has 0 bridgehead atoms. The molecule has 0 saturated heterocycles. The van der Waals surface area contributed by atoms with Crippen molar-refractivity contribution >= 4 is 40.2 Å². The highest BCUT2D eigenvalue weighted by atomic mass is 35.5. The molecule has 130 valence electrons. The number of rotatable bonds is 5. The first-order valence-electron chi connectivity index (χ1n) is 7.70. The highest BCUT2D eigenvalue weighted by Crippen LogP contribution is 2.23. The van der Waals surface area contributed by atoms with Crippen LogP contribution in [0.2, 0.25) is 5.02 Å². The van der Waals surface area contributed by atoms with E-state index in [0.717, 1.165) is 15.8 Å². The number of aliphatic hydroxyl groups excluding tert-OH is 1. The van der Waals surface area contributed by atoms with Crippen LogP contribution in [-0.4, -0.2) is 33.4 Å². The Morgan fingerprint density at radius 3 is 2.80 bits per heavy atom. The molecule has 3 rings (SSSR count). The summed E-state index contributed by atoms with van der Waals surface area (Å²) in [6, 6.07) is 10.5. The van der Waals surface area contributed by atoms with E-state index in [1.807, 2.05) is 37.6 Å². The van der Waals surface area contributed by atoms with Crippen molar-refractivity contribution in [3.63, 3.8) is 0 Å². The van der Waals surface area contributed by atoms with Gasteiger partial charge >= 0.3 is 0 Å². The minimum atomic E-state index is -0.565. The standard InChI is InChI=1S/C18H18ClN3O2S/c1-22-16-8-12(19)4-3-11(16)7-17(22)18(24)21-15(10-23)14-6-5-13(25-2)9-20-14/h3-9,15,23H,10H2,1-2H3,(H,21,24). The van der Waals surface area contributed by atoms with E-state index in [2.05, 4.69) is 10.3 Å². The van der Waals surface area contributed by atoms with Crippen molar-refractivity contribution in [2.24, 2.45) is 7.05 Å².